The van der Waals surface area contributed by atoms with Crippen molar-refractivity contribution in [3.63, 3.8) is 0 Å². The van der Waals surface area contributed by atoms with Crippen LogP contribution in [0, 0.1) is 0 Å². The average Bonchev–Trinajstić information content (AvgIpc) is 2.90. The number of thiocarbonyl (C=S) groups is 1. The minimum Gasteiger partial charge on any atom is -0.497 e. The fraction of sp³-hybridized carbons (Fsp3) is 0.333. The molecule has 1 saturated heterocycles. The standard InChI is InChI=1S/C18H20N2O5S2/c1-25-13-6-4-12(5-7-13)11-14-17(24)20(18(26)27-14)10-8-15(21)19-9-2-3-16(22)23/h4-7,11H,2-3,8-10H2,1H3,(H,19,21)(H,22,23)/b14-11+. The number of carboxylic acid groups (broad SMARTS) is 1. The number of nitrogens with zero attached hydrogens (tertiary/aromatic N) is 1. The third kappa shape index (κ3) is 6.37. The molecule has 0 aromatic heterocycles. The van der Waals surface area contributed by atoms with Gasteiger partial charge in [-0.2, -0.15) is 0 Å². The molecule has 1 aliphatic heterocycles. The van der Waals surface area contributed by atoms with Gasteiger partial charge >= 0.3 is 5.97 Å². The van der Waals surface area contributed by atoms with Crippen LogP contribution in [0.4, 0.5) is 0 Å². The van der Waals surface area contributed by atoms with E-state index < -0.39 is 5.97 Å². The van der Waals surface area contributed by atoms with E-state index in [4.69, 9.17) is 22.1 Å². The Kier molecular flexibility index (Phi) is 7.81. The van der Waals surface area contributed by atoms with Gasteiger partial charge < -0.3 is 15.2 Å². The average molecular weight is 409 g/mol. The summed E-state index contributed by atoms with van der Waals surface area (Å²) in [5.74, 6) is -0.632. The number of ether oxygens (including phenoxy) is 1. The quantitative estimate of drug-likeness (QED) is 0.368. The Bertz CT molecular complexity index is 762. The molecule has 1 fully saturated rings. The van der Waals surface area contributed by atoms with Gasteiger partial charge in [0.25, 0.3) is 5.91 Å². The van der Waals surface area contributed by atoms with E-state index in [1.54, 1.807) is 25.3 Å². The largest absolute Gasteiger partial charge is 0.497 e. The van der Waals surface area contributed by atoms with Gasteiger partial charge in [0.1, 0.15) is 10.1 Å². The lowest BCUT2D eigenvalue weighted by Crippen LogP contribution is -2.33. The van der Waals surface area contributed by atoms with Crippen molar-refractivity contribution in [2.75, 3.05) is 20.2 Å². The van der Waals surface area contributed by atoms with Gasteiger partial charge in [-0.05, 0) is 30.2 Å². The second-order valence-electron chi connectivity index (χ2n) is 5.70. The molecule has 0 spiro atoms. The molecule has 144 valence electrons. The summed E-state index contributed by atoms with van der Waals surface area (Å²) >= 11 is 6.45. The molecule has 1 aliphatic rings. The van der Waals surface area contributed by atoms with E-state index in [9.17, 15) is 14.4 Å². The molecule has 2 rings (SSSR count). The maximum absolute atomic E-state index is 12.5. The number of methoxy groups -OCH3 is 1. The van der Waals surface area contributed by atoms with E-state index in [1.807, 2.05) is 12.1 Å². The Labute approximate surface area is 166 Å². The predicted molar refractivity (Wildman–Crippen MR) is 107 cm³/mol. The van der Waals surface area contributed by atoms with Crippen LogP contribution in [0.5, 0.6) is 5.75 Å². The number of nitrogens with one attached hydrogen (secondary N) is 1. The molecular weight excluding hydrogens is 388 g/mol. The summed E-state index contributed by atoms with van der Waals surface area (Å²) in [5.41, 5.74) is 0.854. The van der Waals surface area contributed by atoms with E-state index in [-0.39, 0.29) is 31.2 Å². The second-order valence-corrected chi connectivity index (χ2v) is 7.38. The Morgan fingerprint density at radius 1 is 1.30 bits per heavy atom. The van der Waals surface area contributed by atoms with Crippen molar-refractivity contribution in [3.05, 3.63) is 34.7 Å². The zero-order valence-electron chi connectivity index (χ0n) is 14.8. The third-order valence-electron chi connectivity index (χ3n) is 3.74. The number of benzene rings is 1. The van der Waals surface area contributed by atoms with Crippen molar-refractivity contribution >= 4 is 52.2 Å². The number of hydrogen-bond donors (Lipinski definition) is 2. The van der Waals surface area contributed by atoms with Crippen molar-refractivity contribution in [2.45, 2.75) is 19.3 Å². The minimum atomic E-state index is -0.898. The van der Waals surface area contributed by atoms with Crippen LogP contribution in [0.2, 0.25) is 0 Å². The zero-order chi connectivity index (χ0) is 19.8. The highest BCUT2D eigenvalue weighted by atomic mass is 32.2. The number of amides is 2. The van der Waals surface area contributed by atoms with Crippen molar-refractivity contribution in [1.29, 1.82) is 0 Å². The lowest BCUT2D eigenvalue weighted by Gasteiger charge is -2.14. The van der Waals surface area contributed by atoms with E-state index in [0.717, 1.165) is 11.3 Å². The van der Waals surface area contributed by atoms with Crippen LogP contribution in [-0.4, -0.2) is 52.3 Å². The Hall–Kier alpha value is -2.39. The summed E-state index contributed by atoms with van der Waals surface area (Å²) in [4.78, 5) is 36.7. The Morgan fingerprint density at radius 2 is 2.00 bits per heavy atom. The first-order valence-electron chi connectivity index (χ1n) is 8.28. The molecule has 1 aromatic rings. The summed E-state index contributed by atoms with van der Waals surface area (Å²) in [6.45, 7) is 0.482. The molecule has 0 radical (unpaired) electrons. The van der Waals surface area contributed by atoms with Crippen molar-refractivity contribution in [1.82, 2.24) is 10.2 Å². The number of carboxylic acids is 1. The van der Waals surface area contributed by atoms with Crippen LogP contribution in [0.1, 0.15) is 24.8 Å². The first kappa shape index (κ1) is 20.9. The van der Waals surface area contributed by atoms with Crippen LogP contribution in [0.25, 0.3) is 6.08 Å². The van der Waals surface area contributed by atoms with Gasteiger partial charge in [-0.1, -0.05) is 36.1 Å². The number of aliphatic carboxylic acids is 1. The molecule has 2 amide bonds. The number of thioether (sulfide) groups is 1. The molecule has 0 saturated carbocycles. The van der Waals surface area contributed by atoms with Gasteiger partial charge in [-0.3, -0.25) is 19.3 Å². The molecule has 2 N–H and O–H groups in total. The Morgan fingerprint density at radius 3 is 2.63 bits per heavy atom. The molecule has 0 unspecified atom stereocenters. The van der Waals surface area contributed by atoms with Crippen LogP contribution in [-0.2, 0) is 14.4 Å². The van der Waals surface area contributed by atoms with Crippen molar-refractivity contribution < 1.29 is 24.2 Å². The van der Waals surface area contributed by atoms with Gasteiger partial charge in [0.05, 0.1) is 12.0 Å². The molecule has 27 heavy (non-hydrogen) atoms. The van der Waals surface area contributed by atoms with Crippen LogP contribution < -0.4 is 10.1 Å². The van der Waals surface area contributed by atoms with Crippen LogP contribution in [0.15, 0.2) is 29.2 Å². The fourth-order valence-corrected chi connectivity index (χ4v) is 3.62. The lowest BCUT2D eigenvalue weighted by molar-refractivity contribution is -0.137. The highest BCUT2D eigenvalue weighted by Crippen LogP contribution is 2.32. The summed E-state index contributed by atoms with van der Waals surface area (Å²) in [5, 5.41) is 11.2. The number of carbonyl (C=O) groups is 3. The monoisotopic (exact) mass is 408 g/mol. The third-order valence-corrected chi connectivity index (χ3v) is 5.12. The second kappa shape index (κ2) is 10.1. The zero-order valence-corrected chi connectivity index (χ0v) is 16.4. The maximum atomic E-state index is 12.5. The molecular formula is C18H20N2O5S2. The van der Waals surface area contributed by atoms with Gasteiger partial charge in [0, 0.05) is 25.9 Å². The highest BCUT2D eigenvalue weighted by molar-refractivity contribution is 8.26. The molecule has 7 nitrogen and oxygen atoms in total. The first-order valence-corrected chi connectivity index (χ1v) is 9.51. The highest BCUT2D eigenvalue weighted by Gasteiger charge is 2.32. The summed E-state index contributed by atoms with van der Waals surface area (Å²) < 4.78 is 5.52. The first-order chi connectivity index (χ1) is 12.9. The van der Waals surface area contributed by atoms with Crippen molar-refractivity contribution in [3.8, 4) is 5.75 Å². The Balaban J connectivity index is 1.86. The SMILES string of the molecule is COc1ccc(/C=C2/SC(=S)N(CCC(=O)NCCCC(=O)O)C2=O)cc1. The number of rotatable bonds is 9. The van der Waals surface area contributed by atoms with E-state index in [1.165, 1.54) is 16.7 Å². The van der Waals surface area contributed by atoms with Gasteiger partial charge in [-0.15, -0.1) is 0 Å². The van der Waals surface area contributed by atoms with Crippen molar-refractivity contribution in [2.24, 2.45) is 0 Å². The number of carbonyl (C=O) groups excluding carboxylic acids is 2. The molecule has 9 heteroatoms. The van der Waals surface area contributed by atoms with Crippen LogP contribution in [0.3, 0.4) is 0 Å². The summed E-state index contributed by atoms with van der Waals surface area (Å²) in [6.07, 6.45) is 2.23. The molecule has 0 aliphatic carbocycles. The lowest BCUT2D eigenvalue weighted by atomic mass is 10.2. The van der Waals surface area contributed by atoms with Gasteiger partial charge in [0.15, 0.2) is 0 Å². The molecule has 0 bridgehead atoms. The molecule has 1 heterocycles. The summed E-state index contributed by atoms with van der Waals surface area (Å²) in [6, 6.07) is 7.30. The molecule has 0 atom stereocenters. The fourth-order valence-electron chi connectivity index (χ4n) is 2.31. The topological polar surface area (TPSA) is 95.9 Å². The van der Waals surface area contributed by atoms with Crippen LogP contribution >= 0.6 is 24.0 Å². The van der Waals surface area contributed by atoms with E-state index >= 15 is 0 Å². The summed E-state index contributed by atoms with van der Waals surface area (Å²) in [7, 11) is 1.59. The minimum absolute atomic E-state index is 0.00509. The smallest absolute Gasteiger partial charge is 0.303 e. The molecule has 1 aromatic carbocycles. The van der Waals surface area contributed by atoms with E-state index in [0.29, 0.717) is 22.2 Å². The van der Waals surface area contributed by atoms with Gasteiger partial charge in [-0.25, -0.2) is 0 Å². The van der Waals surface area contributed by atoms with Gasteiger partial charge in [0.2, 0.25) is 5.91 Å². The number of hydrogen-bond acceptors (Lipinski definition) is 6. The predicted octanol–water partition coefficient (Wildman–Crippen LogP) is 2.27. The van der Waals surface area contributed by atoms with E-state index in [2.05, 4.69) is 5.32 Å². The normalized spacial score (nSPS) is 15.3. The maximum Gasteiger partial charge on any atom is 0.303 e.